The second-order valence-electron chi connectivity index (χ2n) is 4.98. The van der Waals surface area contributed by atoms with E-state index in [1.54, 1.807) is 11.3 Å². The third-order valence-electron chi connectivity index (χ3n) is 3.27. The van der Waals surface area contributed by atoms with Gasteiger partial charge in [0.25, 0.3) is 0 Å². The number of rotatable bonds is 4. The van der Waals surface area contributed by atoms with Gasteiger partial charge in [0.05, 0.1) is 10.6 Å². The van der Waals surface area contributed by atoms with E-state index in [-0.39, 0.29) is 0 Å². The molecule has 102 valence electrons. The average Bonchev–Trinajstić information content (AvgIpc) is 3.01. The Hall–Kier alpha value is -1.21. The largest absolute Gasteiger partial charge is 0.354 e. The summed E-state index contributed by atoms with van der Waals surface area (Å²) in [4.78, 5) is 8.00. The topological polar surface area (TPSA) is 49.7 Å². The van der Waals surface area contributed by atoms with E-state index in [4.69, 9.17) is 17.2 Å². The highest BCUT2D eigenvalue weighted by Crippen LogP contribution is 2.47. The molecule has 3 rings (SSSR count). The molecule has 5 nitrogen and oxygen atoms in total. The average molecular weight is 295 g/mol. The number of anilines is 1. The summed E-state index contributed by atoms with van der Waals surface area (Å²) < 4.78 is 2.72. The van der Waals surface area contributed by atoms with Crippen molar-refractivity contribution in [1.82, 2.24) is 19.7 Å². The van der Waals surface area contributed by atoms with Crippen LogP contribution in [0.2, 0.25) is 0 Å². The predicted molar refractivity (Wildman–Crippen MR) is 80.5 cm³/mol. The van der Waals surface area contributed by atoms with Crippen LogP contribution in [0.1, 0.15) is 31.4 Å². The van der Waals surface area contributed by atoms with Crippen LogP contribution in [0.3, 0.4) is 0 Å². The highest BCUT2D eigenvalue weighted by molar-refractivity contribution is 7.71. The molecule has 0 atom stereocenters. The van der Waals surface area contributed by atoms with Gasteiger partial charge in [-0.15, -0.1) is 0 Å². The van der Waals surface area contributed by atoms with Gasteiger partial charge in [-0.3, -0.25) is 9.67 Å². The number of hydrogen-bond acceptors (Lipinski definition) is 5. The molecule has 0 amide bonds. The standard InChI is InChI=1S/C12H17N5S2/c1-4-17-10(14-15-11(17)18)9-8(7-5-6-7)13-12(19-9)16(2)3/h7H,4-6H2,1-3H3,(H,15,18). The fourth-order valence-electron chi connectivity index (χ4n) is 2.09. The van der Waals surface area contributed by atoms with Crippen LogP contribution in [-0.4, -0.2) is 33.8 Å². The molecule has 0 radical (unpaired) electrons. The number of nitrogens with zero attached hydrogens (tertiary/aromatic N) is 4. The molecule has 0 aromatic carbocycles. The van der Waals surface area contributed by atoms with Gasteiger partial charge in [0.15, 0.2) is 15.7 Å². The summed E-state index contributed by atoms with van der Waals surface area (Å²) in [5, 5.41) is 8.33. The van der Waals surface area contributed by atoms with Crippen molar-refractivity contribution >= 4 is 28.7 Å². The van der Waals surface area contributed by atoms with Crippen LogP contribution in [0.15, 0.2) is 0 Å². The Morgan fingerprint density at radius 2 is 2.21 bits per heavy atom. The highest BCUT2D eigenvalue weighted by Gasteiger charge is 2.32. The second-order valence-corrected chi connectivity index (χ2v) is 6.34. The Balaban J connectivity index is 2.15. The van der Waals surface area contributed by atoms with E-state index in [0.717, 1.165) is 17.5 Å². The first-order valence-electron chi connectivity index (χ1n) is 6.45. The van der Waals surface area contributed by atoms with Crippen molar-refractivity contribution in [3.05, 3.63) is 10.5 Å². The van der Waals surface area contributed by atoms with E-state index < -0.39 is 0 Å². The molecule has 19 heavy (non-hydrogen) atoms. The summed E-state index contributed by atoms with van der Waals surface area (Å²) in [7, 11) is 4.05. The lowest BCUT2D eigenvalue weighted by atomic mass is 10.2. The molecule has 0 bridgehead atoms. The minimum Gasteiger partial charge on any atom is -0.354 e. The van der Waals surface area contributed by atoms with Crippen LogP contribution in [0.4, 0.5) is 5.13 Å². The molecule has 0 spiro atoms. The fraction of sp³-hybridized carbons (Fsp3) is 0.583. The van der Waals surface area contributed by atoms with E-state index in [9.17, 15) is 0 Å². The highest BCUT2D eigenvalue weighted by atomic mass is 32.1. The number of aromatic amines is 1. The summed E-state index contributed by atoms with van der Waals surface area (Å²) in [5.74, 6) is 1.54. The molecule has 7 heteroatoms. The van der Waals surface area contributed by atoms with Crippen molar-refractivity contribution in [2.75, 3.05) is 19.0 Å². The monoisotopic (exact) mass is 295 g/mol. The molecule has 2 aromatic rings. The molecular weight excluding hydrogens is 278 g/mol. The van der Waals surface area contributed by atoms with E-state index in [0.29, 0.717) is 10.7 Å². The minimum atomic E-state index is 0.607. The number of thiazole rings is 1. The van der Waals surface area contributed by atoms with Gasteiger partial charge >= 0.3 is 0 Å². The maximum absolute atomic E-state index is 5.27. The maximum Gasteiger partial charge on any atom is 0.195 e. The first-order chi connectivity index (χ1) is 9.11. The molecular formula is C12H17N5S2. The first-order valence-corrected chi connectivity index (χ1v) is 7.68. The van der Waals surface area contributed by atoms with E-state index in [1.807, 2.05) is 18.7 Å². The summed E-state index contributed by atoms with van der Waals surface area (Å²) in [6.07, 6.45) is 2.47. The quantitative estimate of drug-likeness (QED) is 0.881. The summed E-state index contributed by atoms with van der Waals surface area (Å²) in [6.45, 7) is 2.91. The van der Waals surface area contributed by atoms with Crippen molar-refractivity contribution in [3.63, 3.8) is 0 Å². The van der Waals surface area contributed by atoms with Crippen LogP contribution >= 0.6 is 23.6 Å². The maximum atomic E-state index is 5.27. The zero-order chi connectivity index (χ0) is 13.6. The van der Waals surface area contributed by atoms with Crippen molar-refractivity contribution in [2.45, 2.75) is 32.2 Å². The van der Waals surface area contributed by atoms with E-state index in [1.165, 1.54) is 23.4 Å². The molecule has 1 aliphatic rings. The van der Waals surface area contributed by atoms with Crippen molar-refractivity contribution in [3.8, 4) is 10.7 Å². The van der Waals surface area contributed by atoms with Crippen molar-refractivity contribution < 1.29 is 0 Å². The van der Waals surface area contributed by atoms with Gasteiger partial charge in [0.2, 0.25) is 0 Å². The van der Waals surface area contributed by atoms with Crippen LogP contribution < -0.4 is 4.90 Å². The smallest absolute Gasteiger partial charge is 0.195 e. The molecule has 1 aliphatic carbocycles. The number of nitrogens with one attached hydrogen (secondary N) is 1. The molecule has 0 saturated heterocycles. The summed E-state index contributed by atoms with van der Waals surface area (Å²) in [6, 6.07) is 0. The SMILES string of the molecule is CCn1c(-c2sc(N(C)C)nc2C2CC2)n[nH]c1=S. The van der Waals surface area contributed by atoms with Gasteiger partial charge < -0.3 is 4.90 Å². The lowest BCUT2D eigenvalue weighted by Gasteiger charge is -2.05. The molecule has 2 heterocycles. The molecule has 0 unspecified atom stereocenters. The van der Waals surface area contributed by atoms with Crippen LogP contribution in [0.25, 0.3) is 10.7 Å². The van der Waals surface area contributed by atoms with Gasteiger partial charge in [-0.2, -0.15) is 5.10 Å². The number of H-pyrrole nitrogens is 1. The molecule has 1 N–H and O–H groups in total. The fourth-order valence-corrected chi connectivity index (χ4v) is 3.42. The molecule has 1 saturated carbocycles. The van der Waals surface area contributed by atoms with Gasteiger partial charge in [-0.1, -0.05) is 11.3 Å². The minimum absolute atomic E-state index is 0.607. The lowest BCUT2D eigenvalue weighted by Crippen LogP contribution is -2.07. The normalized spacial score (nSPS) is 14.9. The molecule has 0 aliphatic heterocycles. The van der Waals surface area contributed by atoms with E-state index >= 15 is 0 Å². The van der Waals surface area contributed by atoms with Crippen LogP contribution in [0, 0.1) is 4.77 Å². The van der Waals surface area contributed by atoms with Gasteiger partial charge in [0, 0.05) is 26.6 Å². The third kappa shape index (κ3) is 2.21. The van der Waals surface area contributed by atoms with Gasteiger partial charge in [-0.05, 0) is 32.0 Å². The van der Waals surface area contributed by atoms with Crippen molar-refractivity contribution in [1.29, 1.82) is 0 Å². The zero-order valence-corrected chi connectivity index (χ0v) is 12.9. The summed E-state index contributed by atoms with van der Waals surface area (Å²) >= 11 is 6.97. The Morgan fingerprint density at radius 3 is 2.79 bits per heavy atom. The Morgan fingerprint density at radius 1 is 1.47 bits per heavy atom. The number of hydrogen-bond donors (Lipinski definition) is 1. The second kappa shape index (κ2) is 4.72. The van der Waals surface area contributed by atoms with Crippen LogP contribution in [-0.2, 0) is 6.54 Å². The number of aromatic nitrogens is 4. The van der Waals surface area contributed by atoms with E-state index in [2.05, 4.69) is 22.0 Å². The molecule has 2 aromatic heterocycles. The van der Waals surface area contributed by atoms with Gasteiger partial charge in [0.1, 0.15) is 0 Å². The Labute approximate surface area is 121 Å². The molecule has 1 fully saturated rings. The first kappa shape index (κ1) is 12.8. The third-order valence-corrected chi connectivity index (χ3v) is 4.81. The lowest BCUT2D eigenvalue weighted by molar-refractivity contribution is 0.755. The van der Waals surface area contributed by atoms with Crippen molar-refractivity contribution in [2.24, 2.45) is 0 Å². The van der Waals surface area contributed by atoms with Crippen LogP contribution in [0.5, 0.6) is 0 Å². The predicted octanol–water partition coefficient (Wildman–Crippen LogP) is 3.03. The zero-order valence-electron chi connectivity index (χ0n) is 11.3. The Kier molecular flexibility index (Phi) is 3.18. The summed E-state index contributed by atoms with van der Waals surface area (Å²) in [5.41, 5.74) is 1.19. The van der Waals surface area contributed by atoms with Gasteiger partial charge in [-0.25, -0.2) is 4.98 Å². The Bertz CT molecular complexity index is 647.